The minimum absolute atomic E-state index is 0.0846. The Morgan fingerprint density at radius 3 is 2.56 bits per heavy atom. The van der Waals surface area contributed by atoms with E-state index in [0.29, 0.717) is 0 Å². The predicted octanol–water partition coefficient (Wildman–Crippen LogP) is 2.98. The Morgan fingerprint density at radius 2 is 2.00 bits per heavy atom. The van der Waals surface area contributed by atoms with Crippen LogP contribution in [0.3, 0.4) is 0 Å². The van der Waals surface area contributed by atoms with Gasteiger partial charge in [-0.1, -0.05) is 0 Å². The average molecular weight is 294 g/mol. The summed E-state index contributed by atoms with van der Waals surface area (Å²) in [6.45, 7) is 3.66. The van der Waals surface area contributed by atoms with E-state index < -0.39 is 17.2 Å². The fraction of sp³-hybridized carbons (Fsp3) is 0.455. The highest BCUT2D eigenvalue weighted by Crippen LogP contribution is 2.22. The lowest BCUT2D eigenvalue weighted by Crippen LogP contribution is -2.37. The summed E-state index contributed by atoms with van der Waals surface area (Å²) in [4.78, 5) is 0. The first-order chi connectivity index (χ1) is 7.31. The minimum atomic E-state index is -0.630. The van der Waals surface area contributed by atoms with Crippen LogP contribution in [0.1, 0.15) is 19.4 Å². The molecule has 0 aliphatic carbocycles. The Kier molecular flexibility index (Phi) is 4.41. The number of rotatable bonds is 4. The molecule has 0 aliphatic rings. The Hall–Kier alpha value is -0.520. The van der Waals surface area contributed by atoms with Gasteiger partial charge in [-0.2, -0.15) is 0 Å². The predicted molar refractivity (Wildman–Crippen MR) is 62.0 cm³/mol. The molecule has 0 saturated carbocycles. The largest absolute Gasteiger partial charge is 0.375 e. The summed E-state index contributed by atoms with van der Waals surface area (Å²) in [5.74, 6) is -1.25. The molecule has 0 radical (unpaired) electrons. The molecule has 1 aromatic rings. The summed E-state index contributed by atoms with van der Waals surface area (Å²) in [6.07, 6.45) is 0. The zero-order valence-corrected chi connectivity index (χ0v) is 10.8. The summed E-state index contributed by atoms with van der Waals surface area (Å²) in [7, 11) is 0. The molecule has 0 spiro atoms. The molecule has 0 unspecified atom stereocenters. The number of nitrogens with two attached hydrogens (primary N) is 1. The first kappa shape index (κ1) is 13.5. The van der Waals surface area contributed by atoms with Crippen LogP contribution in [0, 0.1) is 11.6 Å². The van der Waals surface area contributed by atoms with Gasteiger partial charge in [-0.3, -0.25) is 0 Å². The molecule has 0 aromatic heterocycles. The van der Waals surface area contributed by atoms with Crippen molar-refractivity contribution in [3.05, 3.63) is 33.8 Å². The Labute approximate surface area is 102 Å². The van der Waals surface area contributed by atoms with Crippen LogP contribution in [0.5, 0.6) is 0 Å². The Balaban J connectivity index is 2.71. The number of hydrogen-bond donors (Lipinski definition) is 1. The molecule has 1 rings (SSSR count). The lowest BCUT2D eigenvalue weighted by Gasteiger charge is -2.18. The first-order valence-corrected chi connectivity index (χ1v) is 5.59. The molecule has 0 heterocycles. The smallest absolute Gasteiger partial charge is 0.145 e. The number of hydrogen-bond acceptors (Lipinski definition) is 2. The molecule has 0 aliphatic heterocycles. The average Bonchev–Trinajstić information content (AvgIpc) is 2.16. The van der Waals surface area contributed by atoms with Crippen molar-refractivity contribution < 1.29 is 13.5 Å². The van der Waals surface area contributed by atoms with E-state index in [4.69, 9.17) is 10.5 Å². The highest BCUT2D eigenvalue weighted by Gasteiger charge is 2.15. The molecule has 16 heavy (non-hydrogen) atoms. The van der Waals surface area contributed by atoms with Gasteiger partial charge < -0.3 is 10.5 Å². The third kappa shape index (κ3) is 3.81. The summed E-state index contributed by atoms with van der Waals surface area (Å²) in [5.41, 5.74) is 5.08. The fourth-order valence-corrected chi connectivity index (χ4v) is 1.49. The second-order valence-electron chi connectivity index (χ2n) is 4.30. The SMILES string of the molecule is CC(C)(N)COCc1c(F)ccc(Br)c1F. The molecule has 0 fully saturated rings. The van der Waals surface area contributed by atoms with Crippen LogP contribution in [0.2, 0.25) is 0 Å². The normalized spacial score (nSPS) is 11.9. The van der Waals surface area contributed by atoms with Crippen LogP contribution in [-0.4, -0.2) is 12.1 Å². The van der Waals surface area contributed by atoms with Crippen molar-refractivity contribution in [2.45, 2.75) is 26.0 Å². The van der Waals surface area contributed by atoms with E-state index in [0.717, 1.165) is 0 Å². The molecule has 0 atom stereocenters. The van der Waals surface area contributed by atoms with Crippen molar-refractivity contribution >= 4 is 15.9 Å². The topological polar surface area (TPSA) is 35.2 Å². The van der Waals surface area contributed by atoms with Crippen LogP contribution in [-0.2, 0) is 11.3 Å². The molecular weight excluding hydrogens is 280 g/mol. The second kappa shape index (κ2) is 5.21. The quantitative estimate of drug-likeness (QED) is 0.866. The molecule has 1 aromatic carbocycles. The van der Waals surface area contributed by atoms with Crippen molar-refractivity contribution in [1.82, 2.24) is 0 Å². The molecule has 2 N–H and O–H groups in total. The molecular formula is C11H14BrF2NO. The van der Waals surface area contributed by atoms with E-state index in [-0.39, 0.29) is 23.2 Å². The van der Waals surface area contributed by atoms with E-state index in [1.807, 2.05) is 0 Å². The summed E-state index contributed by atoms with van der Waals surface area (Å²) >= 11 is 2.99. The first-order valence-electron chi connectivity index (χ1n) is 4.80. The highest BCUT2D eigenvalue weighted by molar-refractivity contribution is 9.10. The van der Waals surface area contributed by atoms with Gasteiger partial charge in [-0.25, -0.2) is 8.78 Å². The van der Waals surface area contributed by atoms with Gasteiger partial charge in [0, 0.05) is 5.54 Å². The third-order valence-corrected chi connectivity index (χ3v) is 2.47. The summed E-state index contributed by atoms with van der Waals surface area (Å²) in [6, 6.07) is 2.51. The van der Waals surface area contributed by atoms with Crippen molar-refractivity contribution in [3.8, 4) is 0 Å². The van der Waals surface area contributed by atoms with E-state index in [1.165, 1.54) is 12.1 Å². The Bertz CT molecular complexity index is 377. The van der Waals surface area contributed by atoms with Crippen LogP contribution < -0.4 is 5.73 Å². The highest BCUT2D eigenvalue weighted by atomic mass is 79.9. The third-order valence-electron chi connectivity index (χ3n) is 1.86. The van der Waals surface area contributed by atoms with Gasteiger partial charge in [0.25, 0.3) is 0 Å². The maximum atomic E-state index is 13.5. The maximum Gasteiger partial charge on any atom is 0.145 e. The summed E-state index contributed by atoms with van der Waals surface area (Å²) in [5, 5.41) is 0. The van der Waals surface area contributed by atoms with Gasteiger partial charge in [0.2, 0.25) is 0 Å². The van der Waals surface area contributed by atoms with Crippen molar-refractivity contribution in [3.63, 3.8) is 0 Å². The number of benzene rings is 1. The van der Waals surface area contributed by atoms with Gasteiger partial charge in [0.05, 0.1) is 23.2 Å². The fourth-order valence-electron chi connectivity index (χ4n) is 1.12. The van der Waals surface area contributed by atoms with Gasteiger partial charge in [0.15, 0.2) is 0 Å². The van der Waals surface area contributed by atoms with Crippen LogP contribution in [0.25, 0.3) is 0 Å². The van der Waals surface area contributed by atoms with E-state index >= 15 is 0 Å². The van der Waals surface area contributed by atoms with E-state index in [1.54, 1.807) is 13.8 Å². The van der Waals surface area contributed by atoms with Crippen molar-refractivity contribution in [1.29, 1.82) is 0 Å². The van der Waals surface area contributed by atoms with Crippen molar-refractivity contribution in [2.75, 3.05) is 6.61 Å². The monoisotopic (exact) mass is 293 g/mol. The van der Waals surface area contributed by atoms with Gasteiger partial charge >= 0.3 is 0 Å². The number of ether oxygens (including phenoxy) is 1. The standard InChI is InChI=1S/C11H14BrF2NO/c1-11(2,15)6-16-5-7-9(13)4-3-8(12)10(7)14/h3-4H,5-6,15H2,1-2H3. The van der Waals surface area contributed by atoms with Crippen molar-refractivity contribution in [2.24, 2.45) is 5.73 Å². The minimum Gasteiger partial charge on any atom is -0.375 e. The lowest BCUT2D eigenvalue weighted by molar-refractivity contribution is 0.0811. The second-order valence-corrected chi connectivity index (χ2v) is 5.16. The van der Waals surface area contributed by atoms with Crippen LogP contribution in [0.4, 0.5) is 8.78 Å². The van der Waals surface area contributed by atoms with Gasteiger partial charge in [0.1, 0.15) is 11.6 Å². The molecule has 90 valence electrons. The van der Waals surface area contributed by atoms with Crippen LogP contribution >= 0.6 is 15.9 Å². The maximum absolute atomic E-state index is 13.5. The molecule has 2 nitrogen and oxygen atoms in total. The molecule has 0 bridgehead atoms. The lowest BCUT2D eigenvalue weighted by atomic mass is 10.1. The van der Waals surface area contributed by atoms with Crippen LogP contribution in [0.15, 0.2) is 16.6 Å². The Morgan fingerprint density at radius 1 is 1.38 bits per heavy atom. The van der Waals surface area contributed by atoms with E-state index in [2.05, 4.69) is 15.9 Å². The zero-order valence-electron chi connectivity index (χ0n) is 9.19. The molecule has 0 amide bonds. The van der Waals surface area contributed by atoms with Gasteiger partial charge in [-0.05, 0) is 41.9 Å². The molecule has 0 saturated heterocycles. The summed E-state index contributed by atoms with van der Waals surface area (Å²) < 4.78 is 32.2. The molecule has 5 heteroatoms. The number of halogens is 3. The zero-order chi connectivity index (χ0) is 12.3. The van der Waals surface area contributed by atoms with E-state index in [9.17, 15) is 8.78 Å². The van der Waals surface area contributed by atoms with Gasteiger partial charge in [-0.15, -0.1) is 0 Å².